The number of benzene rings is 4. The molecule has 1 saturated heterocycles. The molecule has 0 aliphatic carbocycles. The quantitative estimate of drug-likeness (QED) is 0.139. The van der Waals surface area contributed by atoms with Gasteiger partial charge in [0.15, 0.2) is 0 Å². The minimum absolute atomic E-state index is 0.0234. The summed E-state index contributed by atoms with van der Waals surface area (Å²) in [5.74, 6) is -0.241. The Morgan fingerprint density at radius 2 is 0.978 bits per heavy atom. The fraction of sp³-hybridized carbons (Fsp3) is 0.342. The molecule has 5 unspecified atom stereocenters. The normalized spacial score (nSPS) is 21.1. The van der Waals surface area contributed by atoms with Crippen LogP contribution >= 0.6 is 0 Å². The first-order valence-electron chi connectivity index (χ1n) is 15.6. The lowest BCUT2D eigenvalue weighted by atomic mass is 9.92. The molecule has 1 heterocycles. The highest BCUT2D eigenvalue weighted by molar-refractivity contribution is 5.75. The van der Waals surface area contributed by atoms with Crippen LogP contribution < -0.4 is 0 Å². The highest BCUT2D eigenvalue weighted by atomic mass is 16.7. The second-order valence-electron chi connectivity index (χ2n) is 11.3. The van der Waals surface area contributed by atoms with Crippen molar-refractivity contribution in [2.24, 2.45) is 0 Å². The molecule has 1 aliphatic heterocycles. The molecule has 4 aromatic carbocycles. The Labute approximate surface area is 271 Å². The van der Waals surface area contributed by atoms with E-state index >= 15 is 0 Å². The van der Waals surface area contributed by atoms with Crippen LogP contribution in [0.5, 0.6) is 0 Å². The number of carbonyl (C=O) groups excluding carboxylic acids is 1. The van der Waals surface area contributed by atoms with E-state index in [1.807, 2.05) is 121 Å². The van der Waals surface area contributed by atoms with E-state index in [4.69, 9.17) is 28.5 Å². The van der Waals surface area contributed by atoms with Crippen LogP contribution in [0.2, 0.25) is 0 Å². The number of carbonyl (C=O) groups is 1. The van der Waals surface area contributed by atoms with Crippen molar-refractivity contribution in [2.75, 3.05) is 20.8 Å². The minimum Gasteiger partial charge on any atom is -0.374 e. The number of rotatable bonds is 16. The second kappa shape index (κ2) is 17.7. The van der Waals surface area contributed by atoms with Crippen LogP contribution in [0.15, 0.2) is 121 Å². The summed E-state index contributed by atoms with van der Waals surface area (Å²) in [7, 11) is 3.04. The maximum atomic E-state index is 13.2. The van der Waals surface area contributed by atoms with Gasteiger partial charge in [0, 0.05) is 7.05 Å². The van der Waals surface area contributed by atoms with Gasteiger partial charge in [0.1, 0.15) is 24.4 Å². The molecule has 5 atom stereocenters. The molecule has 1 amide bonds. The molecular formula is C38H43NO7. The van der Waals surface area contributed by atoms with Gasteiger partial charge < -0.3 is 23.7 Å². The molecule has 0 N–H and O–H groups in total. The molecule has 46 heavy (non-hydrogen) atoms. The lowest BCUT2D eigenvalue weighted by Crippen LogP contribution is -2.61. The molecule has 0 radical (unpaired) electrons. The van der Waals surface area contributed by atoms with Gasteiger partial charge in [-0.25, -0.2) is 5.06 Å². The van der Waals surface area contributed by atoms with E-state index in [-0.39, 0.29) is 18.9 Å². The van der Waals surface area contributed by atoms with Crippen molar-refractivity contribution in [1.29, 1.82) is 0 Å². The molecule has 8 heteroatoms. The first kappa shape index (κ1) is 33.5. The predicted octanol–water partition coefficient (Wildman–Crippen LogP) is 6.14. The molecule has 242 valence electrons. The third-order valence-corrected chi connectivity index (χ3v) is 7.98. The van der Waals surface area contributed by atoms with Crippen molar-refractivity contribution in [3.63, 3.8) is 0 Å². The lowest BCUT2D eigenvalue weighted by Gasteiger charge is -2.46. The van der Waals surface area contributed by atoms with E-state index in [0.717, 1.165) is 22.3 Å². The van der Waals surface area contributed by atoms with Crippen LogP contribution in [0.4, 0.5) is 0 Å². The average Bonchev–Trinajstić information content (AvgIpc) is 3.11. The van der Waals surface area contributed by atoms with Crippen molar-refractivity contribution >= 4 is 5.91 Å². The Kier molecular flexibility index (Phi) is 12.9. The second-order valence-corrected chi connectivity index (χ2v) is 11.3. The van der Waals surface area contributed by atoms with Gasteiger partial charge in [0.05, 0.1) is 52.7 Å². The van der Waals surface area contributed by atoms with E-state index in [1.54, 1.807) is 7.05 Å². The molecule has 1 fully saturated rings. The summed E-state index contributed by atoms with van der Waals surface area (Å²) in [5, 5.41) is 1.20. The van der Waals surface area contributed by atoms with Gasteiger partial charge in [-0.1, -0.05) is 121 Å². The molecule has 8 nitrogen and oxygen atoms in total. The smallest absolute Gasteiger partial charge is 0.248 e. The summed E-state index contributed by atoms with van der Waals surface area (Å²) in [6.45, 7) is 1.63. The van der Waals surface area contributed by atoms with E-state index < -0.39 is 30.5 Å². The number of hydrogen-bond donors (Lipinski definition) is 0. The maximum absolute atomic E-state index is 13.2. The highest BCUT2D eigenvalue weighted by Gasteiger charge is 2.49. The summed E-state index contributed by atoms with van der Waals surface area (Å²) >= 11 is 0. The molecule has 0 saturated carbocycles. The van der Waals surface area contributed by atoms with Gasteiger partial charge in [0.2, 0.25) is 5.91 Å². The maximum Gasteiger partial charge on any atom is 0.248 e. The number of nitrogens with zero attached hydrogens (tertiary/aromatic N) is 1. The van der Waals surface area contributed by atoms with Gasteiger partial charge in [-0.05, 0) is 22.3 Å². The summed E-state index contributed by atoms with van der Waals surface area (Å²) in [4.78, 5) is 18.4. The van der Waals surface area contributed by atoms with E-state index in [0.29, 0.717) is 26.4 Å². The Hall–Kier alpha value is -3.89. The van der Waals surface area contributed by atoms with Gasteiger partial charge in [-0.3, -0.25) is 9.63 Å². The monoisotopic (exact) mass is 625 g/mol. The molecular weight excluding hydrogens is 582 g/mol. The summed E-state index contributed by atoms with van der Waals surface area (Å²) in [6.07, 6.45) is -2.96. The Bertz CT molecular complexity index is 1420. The predicted molar refractivity (Wildman–Crippen MR) is 174 cm³/mol. The summed E-state index contributed by atoms with van der Waals surface area (Å²) in [6, 6.07) is 39.9. The largest absolute Gasteiger partial charge is 0.374 e. The molecule has 5 rings (SSSR count). The van der Waals surface area contributed by atoms with Crippen LogP contribution in [-0.2, 0) is 59.7 Å². The first-order valence-corrected chi connectivity index (χ1v) is 15.6. The molecule has 0 spiro atoms. The summed E-state index contributed by atoms with van der Waals surface area (Å²) < 4.78 is 32.9. The van der Waals surface area contributed by atoms with Crippen molar-refractivity contribution in [3.05, 3.63) is 144 Å². The minimum atomic E-state index is -0.656. The zero-order valence-corrected chi connectivity index (χ0v) is 26.5. The molecule has 4 aromatic rings. The van der Waals surface area contributed by atoms with E-state index in [1.165, 1.54) is 12.2 Å². The number of hydroxylamine groups is 2. The Morgan fingerprint density at radius 3 is 1.41 bits per heavy atom. The highest BCUT2D eigenvalue weighted by Crippen LogP contribution is 2.32. The van der Waals surface area contributed by atoms with Crippen LogP contribution in [0.1, 0.15) is 28.7 Å². The third kappa shape index (κ3) is 9.80. The van der Waals surface area contributed by atoms with Crippen LogP contribution in [-0.4, -0.2) is 62.3 Å². The van der Waals surface area contributed by atoms with Gasteiger partial charge in [-0.2, -0.15) is 0 Å². The fourth-order valence-corrected chi connectivity index (χ4v) is 5.45. The van der Waals surface area contributed by atoms with Crippen LogP contribution in [0.25, 0.3) is 0 Å². The Balaban J connectivity index is 1.45. The number of ether oxygens (including phenoxy) is 5. The van der Waals surface area contributed by atoms with Gasteiger partial charge in [0.25, 0.3) is 0 Å². The standard InChI is InChI=1S/C38H43NO7/c1-39(41-2)35(40)23-33-36(43-25-30-17-9-4-10-18-30)38(45-27-32-21-13-6-14-22-32)37(44-26-31-19-11-5-12-20-31)34(46-33)28-42-24-29-15-7-3-8-16-29/h3-22,33-34,36-38H,23-28H2,1-2H3. The fourth-order valence-electron chi connectivity index (χ4n) is 5.45. The van der Waals surface area contributed by atoms with Gasteiger partial charge in [-0.15, -0.1) is 0 Å². The van der Waals surface area contributed by atoms with E-state index in [9.17, 15) is 4.79 Å². The summed E-state index contributed by atoms with van der Waals surface area (Å²) in [5.41, 5.74) is 4.09. The van der Waals surface area contributed by atoms with Gasteiger partial charge >= 0.3 is 0 Å². The van der Waals surface area contributed by atoms with Crippen LogP contribution in [0.3, 0.4) is 0 Å². The zero-order valence-electron chi connectivity index (χ0n) is 26.5. The van der Waals surface area contributed by atoms with Crippen molar-refractivity contribution < 1.29 is 33.3 Å². The topological polar surface area (TPSA) is 75.7 Å². The molecule has 0 bridgehead atoms. The first-order chi connectivity index (χ1) is 22.6. The molecule has 0 aromatic heterocycles. The van der Waals surface area contributed by atoms with Crippen molar-refractivity contribution in [2.45, 2.75) is 63.4 Å². The Morgan fingerprint density at radius 1 is 0.587 bits per heavy atom. The van der Waals surface area contributed by atoms with Crippen molar-refractivity contribution in [1.82, 2.24) is 5.06 Å². The van der Waals surface area contributed by atoms with Crippen LogP contribution in [0, 0.1) is 0 Å². The third-order valence-electron chi connectivity index (χ3n) is 7.98. The SMILES string of the molecule is CON(C)C(=O)CC1OC(COCc2ccccc2)C(OCc2ccccc2)C(OCc2ccccc2)C1OCc1ccccc1. The van der Waals surface area contributed by atoms with E-state index in [2.05, 4.69) is 0 Å². The number of amides is 1. The molecule has 1 aliphatic rings. The van der Waals surface area contributed by atoms with Crippen molar-refractivity contribution in [3.8, 4) is 0 Å². The average molecular weight is 626 g/mol. The zero-order chi connectivity index (χ0) is 32.0. The number of hydrogen-bond acceptors (Lipinski definition) is 7. The lowest BCUT2D eigenvalue weighted by molar-refractivity contribution is -0.274.